The Labute approximate surface area is 100 Å². The topological polar surface area (TPSA) is 57.5 Å². The molecule has 17 heavy (non-hydrogen) atoms. The molecule has 0 amide bonds. The number of carboxylic acids is 1. The minimum atomic E-state index is -0.691. The number of carboxylic acid groups (broad SMARTS) is 1. The highest BCUT2D eigenvalue weighted by molar-refractivity contribution is 5.68. The Bertz CT molecular complexity index is 474. The van der Waals surface area contributed by atoms with Crippen molar-refractivity contribution in [2.45, 2.75) is 37.5 Å². The first-order chi connectivity index (χ1) is 8.12. The lowest BCUT2D eigenvalue weighted by molar-refractivity contribution is -0.138. The third-order valence-corrected chi connectivity index (χ3v) is 4.38. The third kappa shape index (κ3) is 1.61. The zero-order valence-electron chi connectivity index (χ0n) is 9.65. The van der Waals surface area contributed by atoms with Gasteiger partial charge < -0.3 is 10.2 Å². The second-order valence-electron chi connectivity index (χ2n) is 5.33. The Morgan fingerprint density at radius 3 is 2.82 bits per heavy atom. The molecule has 3 heteroatoms. The highest BCUT2D eigenvalue weighted by Crippen LogP contribution is 2.59. The summed E-state index contributed by atoms with van der Waals surface area (Å²) in [5.41, 5.74) is 2.61. The monoisotopic (exact) mass is 232 g/mol. The Morgan fingerprint density at radius 2 is 2.18 bits per heavy atom. The van der Waals surface area contributed by atoms with E-state index in [2.05, 4.69) is 0 Å². The van der Waals surface area contributed by atoms with Gasteiger partial charge in [0.15, 0.2) is 0 Å². The molecule has 2 N–H and O–H groups in total. The van der Waals surface area contributed by atoms with Crippen LogP contribution in [0.2, 0.25) is 0 Å². The van der Waals surface area contributed by atoms with Gasteiger partial charge in [-0.3, -0.25) is 4.79 Å². The second kappa shape index (κ2) is 3.49. The summed E-state index contributed by atoms with van der Waals surface area (Å²) < 4.78 is 0. The van der Waals surface area contributed by atoms with E-state index in [-0.39, 0.29) is 17.8 Å². The van der Waals surface area contributed by atoms with Crippen LogP contribution in [0.25, 0.3) is 0 Å². The molecular formula is C14H16O3. The molecule has 90 valence electrons. The van der Waals surface area contributed by atoms with Gasteiger partial charge in [-0.15, -0.1) is 0 Å². The van der Waals surface area contributed by atoms with Crippen LogP contribution in [-0.2, 0) is 16.6 Å². The quantitative estimate of drug-likeness (QED) is 0.823. The Balaban J connectivity index is 1.98. The van der Waals surface area contributed by atoms with Crippen LogP contribution in [0.3, 0.4) is 0 Å². The van der Waals surface area contributed by atoms with Gasteiger partial charge in [-0.25, -0.2) is 0 Å². The van der Waals surface area contributed by atoms with E-state index >= 15 is 0 Å². The van der Waals surface area contributed by atoms with Gasteiger partial charge in [-0.05, 0) is 60.3 Å². The van der Waals surface area contributed by atoms with E-state index in [4.69, 9.17) is 5.11 Å². The minimum Gasteiger partial charge on any atom is -0.508 e. The molecule has 1 spiro atoms. The summed E-state index contributed by atoms with van der Waals surface area (Å²) in [4.78, 5) is 10.9. The number of benzene rings is 1. The van der Waals surface area contributed by atoms with Gasteiger partial charge in [0.25, 0.3) is 0 Å². The van der Waals surface area contributed by atoms with Crippen LogP contribution in [0.15, 0.2) is 18.2 Å². The normalized spacial score (nSPS) is 24.4. The highest BCUT2D eigenvalue weighted by Gasteiger charge is 2.53. The first kappa shape index (κ1) is 10.6. The number of aryl methyl sites for hydroxylation is 1. The summed E-state index contributed by atoms with van der Waals surface area (Å²) in [5.74, 6) is -0.100. The number of aliphatic carboxylic acids is 1. The molecule has 2 aliphatic rings. The van der Waals surface area contributed by atoms with Crippen molar-refractivity contribution in [3.8, 4) is 5.75 Å². The number of fused-ring (bicyclic) bond motifs is 2. The summed E-state index contributed by atoms with van der Waals surface area (Å²) in [5, 5.41) is 18.5. The summed E-state index contributed by atoms with van der Waals surface area (Å²) in [6.07, 6.45) is 4.30. The molecule has 3 rings (SSSR count). The van der Waals surface area contributed by atoms with E-state index in [1.54, 1.807) is 6.07 Å². The second-order valence-corrected chi connectivity index (χ2v) is 5.33. The standard InChI is InChI=1S/C14H16O3/c15-11-3-4-12-9(7-11)1-2-10(8-13(16)17)14(12)5-6-14/h3-4,7,10,15H,1-2,5-6,8H2,(H,16,17). The van der Waals surface area contributed by atoms with E-state index in [0.717, 1.165) is 25.7 Å². The first-order valence-electron chi connectivity index (χ1n) is 6.16. The van der Waals surface area contributed by atoms with E-state index in [9.17, 15) is 9.90 Å². The molecular weight excluding hydrogens is 216 g/mol. The van der Waals surface area contributed by atoms with Crippen molar-refractivity contribution in [1.29, 1.82) is 0 Å². The molecule has 0 radical (unpaired) electrons. The van der Waals surface area contributed by atoms with E-state index in [1.807, 2.05) is 12.1 Å². The minimum absolute atomic E-state index is 0.111. The lowest BCUT2D eigenvalue weighted by atomic mass is 9.71. The van der Waals surface area contributed by atoms with Gasteiger partial charge in [-0.2, -0.15) is 0 Å². The summed E-state index contributed by atoms with van der Waals surface area (Å²) >= 11 is 0. The van der Waals surface area contributed by atoms with Crippen molar-refractivity contribution >= 4 is 5.97 Å². The number of hydrogen-bond donors (Lipinski definition) is 2. The summed E-state index contributed by atoms with van der Waals surface area (Å²) in [6.45, 7) is 0. The molecule has 2 aliphatic carbocycles. The lowest BCUT2D eigenvalue weighted by Gasteiger charge is -2.33. The molecule has 1 saturated carbocycles. The Kier molecular flexibility index (Phi) is 2.18. The van der Waals surface area contributed by atoms with Crippen LogP contribution in [-0.4, -0.2) is 16.2 Å². The molecule has 0 heterocycles. The van der Waals surface area contributed by atoms with Gasteiger partial charge in [0.1, 0.15) is 5.75 Å². The first-order valence-corrected chi connectivity index (χ1v) is 6.16. The van der Waals surface area contributed by atoms with E-state index in [1.165, 1.54) is 11.1 Å². The number of hydrogen-bond acceptors (Lipinski definition) is 2. The van der Waals surface area contributed by atoms with Crippen LogP contribution in [0, 0.1) is 5.92 Å². The van der Waals surface area contributed by atoms with Crippen LogP contribution >= 0.6 is 0 Å². The zero-order chi connectivity index (χ0) is 12.0. The average molecular weight is 232 g/mol. The van der Waals surface area contributed by atoms with Gasteiger partial charge in [0.2, 0.25) is 0 Å². The SMILES string of the molecule is O=C(O)CC1CCc2cc(O)ccc2C12CC2. The molecule has 3 nitrogen and oxygen atoms in total. The Hall–Kier alpha value is -1.51. The van der Waals surface area contributed by atoms with Gasteiger partial charge in [0, 0.05) is 6.42 Å². The molecule has 0 aliphatic heterocycles. The van der Waals surface area contributed by atoms with Crippen molar-refractivity contribution in [2.75, 3.05) is 0 Å². The zero-order valence-corrected chi connectivity index (χ0v) is 9.65. The molecule has 1 aromatic carbocycles. The fourth-order valence-corrected chi connectivity index (χ4v) is 3.42. The van der Waals surface area contributed by atoms with Crippen molar-refractivity contribution in [3.63, 3.8) is 0 Å². The summed E-state index contributed by atoms with van der Waals surface area (Å²) in [6, 6.07) is 5.56. The smallest absolute Gasteiger partial charge is 0.303 e. The van der Waals surface area contributed by atoms with Crippen molar-refractivity contribution < 1.29 is 15.0 Å². The van der Waals surface area contributed by atoms with Crippen LogP contribution in [0.5, 0.6) is 5.75 Å². The maximum absolute atomic E-state index is 10.9. The number of rotatable bonds is 2. The maximum Gasteiger partial charge on any atom is 0.303 e. The van der Waals surface area contributed by atoms with Gasteiger partial charge in [-0.1, -0.05) is 6.07 Å². The van der Waals surface area contributed by atoms with Crippen molar-refractivity contribution in [1.82, 2.24) is 0 Å². The average Bonchev–Trinajstić information content (AvgIpc) is 3.03. The van der Waals surface area contributed by atoms with Gasteiger partial charge in [0.05, 0.1) is 0 Å². The van der Waals surface area contributed by atoms with Crippen LogP contribution in [0.4, 0.5) is 0 Å². The molecule has 0 bridgehead atoms. The lowest BCUT2D eigenvalue weighted by Crippen LogP contribution is -2.29. The largest absolute Gasteiger partial charge is 0.508 e. The summed E-state index contributed by atoms with van der Waals surface area (Å²) in [7, 11) is 0. The molecule has 1 unspecified atom stereocenters. The fourth-order valence-electron chi connectivity index (χ4n) is 3.42. The molecule has 1 aromatic rings. The van der Waals surface area contributed by atoms with E-state index in [0.29, 0.717) is 5.75 Å². The van der Waals surface area contributed by atoms with Crippen molar-refractivity contribution in [2.24, 2.45) is 5.92 Å². The van der Waals surface area contributed by atoms with Crippen LogP contribution < -0.4 is 0 Å². The third-order valence-electron chi connectivity index (χ3n) is 4.38. The van der Waals surface area contributed by atoms with Crippen molar-refractivity contribution in [3.05, 3.63) is 29.3 Å². The molecule has 1 fully saturated rings. The number of phenolic OH excluding ortho intramolecular Hbond substituents is 1. The highest BCUT2D eigenvalue weighted by atomic mass is 16.4. The van der Waals surface area contributed by atoms with Crippen LogP contribution in [0.1, 0.15) is 36.8 Å². The fraction of sp³-hybridized carbons (Fsp3) is 0.500. The van der Waals surface area contributed by atoms with Gasteiger partial charge >= 0.3 is 5.97 Å². The Morgan fingerprint density at radius 1 is 1.41 bits per heavy atom. The number of aromatic hydroxyl groups is 1. The predicted molar refractivity (Wildman–Crippen MR) is 63.1 cm³/mol. The maximum atomic E-state index is 10.9. The van der Waals surface area contributed by atoms with E-state index < -0.39 is 5.97 Å². The number of phenols is 1. The molecule has 0 saturated heterocycles. The number of carbonyl (C=O) groups is 1. The molecule has 1 atom stereocenters. The molecule has 0 aromatic heterocycles. The predicted octanol–water partition coefficient (Wildman–Crippen LogP) is 2.46.